The number of sulfone groups is 1. The van der Waals surface area contributed by atoms with Crippen LogP contribution < -0.4 is 5.32 Å². The van der Waals surface area contributed by atoms with Gasteiger partial charge in [-0.2, -0.15) is 14.2 Å². The van der Waals surface area contributed by atoms with Gasteiger partial charge in [0, 0.05) is 5.69 Å². The largest absolute Gasteiger partial charge is 0.324 e. The summed E-state index contributed by atoms with van der Waals surface area (Å²) in [5.41, 5.74) is 0.559. The summed E-state index contributed by atoms with van der Waals surface area (Å²) in [5, 5.41) is 2.93. The van der Waals surface area contributed by atoms with Crippen molar-refractivity contribution >= 4 is 44.4 Å². The van der Waals surface area contributed by atoms with Crippen LogP contribution in [0.4, 0.5) is 11.6 Å². The predicted molar refractivity (Wildman–Crippen MR) is 88.1 cm³/mol. The van der Waals surface area contributed by atoms with Gasteiger partial charge in [0.1, 0.15) is 5.82 Å². The summed E-state index contributed by atoms with van der Waals surface area (Å²) in [6.07, 6.45) is 0. The van der Waals surface area contributed by atoms with Crippen molar-refractivity contribution in [2.24, 2.45) is 0 Å². The molecular weight excluding hydrogens is 380 g/mol. The van der Waals surface area contributed by atoms with Crippen LogP contribution in [0.15, 0.2) is 29.2 Å². The van der Waals surface area contributed by atoms with Crippen LogP contribution >= 0.6 is 11.6 Å². The van der Waals surface area contributed by atoms with Crippen molar-refractivity contribution in [2.45, 2.75) is 11.8 Å². The molecule has 0 amide bonds. The normalized spacial score (nSPS) is 12.8. The van der Waals surface area contributed by atoms with Gasteiger partial charge in [-0.3, -0.25) is 8.74 Å². The molecule has 1 atom stereocenters. The van der Waals surface area contributed by atoms with Crippen molar-refractivity contribution < 1.29 is 21.4 Å². The number of hydrogen-bond acceptors (Lipinski definition) is 8. The molecule has 2 aromatic rings. The Hall–Kier alpha value is -1.66. The molecule has 0 radical (unpaired) electrons. The summed E-state index contributed by atoms with van der Waals surface area (Å²) in [6, 6.07) is 5.85. The van der Waals surface area contributed by atoms with Gasteiger partial charge in [0.2, 0.25) is 11.2 Å². The van der Waals surface area contributed by atoms with Crippen LogP contribution in [0.25, 0.3) is 0 Å². The predicted octanol–water partition coefficient (Wildman–Crippen LogP) is 1.50. The van der Waals surface area contributed by atoms with E-state index in [1.54, 1.807) is 6.92 Å². The van der Waals surface area contributed by atoms with E-state index < -0.39 is 27.0 Å². The number of hydrogen-bond donors (Lipinski definition) is 2. The Kier molecular flexibility index (Phi) is 6.18. The van der Waals surface area contributed by atoms with E-state index in [1.807, 2.05) is 0 Å². The number of nitrogens with zero attached hydrogens (tertiary/aromatic N) is 3. The number of nitrogens with one attached hydrogen (secondary N) is 1. The number of benzene rings is 1. The average Bonchev–Trinajstić information content (AvgIpc) is 2.46. The maximum absolute atomic E-state index is 12.0. The Morgan fingerprint density at radius 1 is 1.25 bits per heavy atom. The third-order valence-electron chi connectivity index (χ3n) is 2.73. The third kappa shape index (κ3) is 5.46. The summed E-state index contributed by atoms with van der Waals surface area (Å²) in [6.45, 7) is 1.28. The van der Waals surface area contributed by atoms with Crippen LogP contribution in [0.5, 0.6) is 0 Å². The highest BCUT2D eigenvalue weighted by Crippen LogP contribution is 2.18. The summed E-state index contributed by atoms with van der Waals surface area (Å²) >= 11 is 3.25. The van der Waals surface area contributed by atoms with Crippen molar-refractivity contribution in [3.8, 4) is 0 Å². The lowest BCUT2D eigenvalue weighted by Gasteiger charge is -2.07. The lowest BCUT2D eigenvalue weighted by atomic mass is 10.3. The SMILES string of the molecule is Cc1nc(Cl)nc(Nc2ccc(S(=O)(=O)CCOS(=O)O)cc2)n1. The second-order valence-corrected chi connectivity index (χ2v) is 7.60. The van der Waals surface area contributed by atoms with Crippen molar-refractivity contribution in [2.75, 3.05) is 17.7 Å². The Labute approximate surface area is 145 Å². The van der Waals surface area contributed by atoms with E-state index in [2.05, 4.69) is 24.5 Å². The van der Waals surface area contributed by atoms with Gasteiger partial charge in [-0.05, 0) is 42.8 Å². The average molecular weight is 393 g/mol. The highest BCUT2D eigenvalue weighted by atomic mass is 35.5. The van der Waals surface area contributed by atoms with Gasteiger partial charge in [-0.25, -0.2) is 13.4 Å². The number of aryl methyl sites for hydroxylation is 1. The maximum atomic E-state index is 12.0. The molecule has 0 spiro atoms. The van der Waals surface area contributed by atoms with Gasteiger partial charge in [0.05, 0.1) is 17.3 Å². The Bertz CT molecular complexity index is 825. The van der Waals surface area contributed by atoms with E-state index in [1.165, 1.54) is 24.3 Å². The number of halogens is 1. The second-order valence-electron chi connectivity index (χ2n) is 4.48. The van der Waals surface area contributed by atoms with Crippen molar-refractivity contribution in [1.29, 1.82) is 0 Å². The molecule has 0 aliphatic carbocycles. The summed E-state index contributed by atoms with van der Waals surface area (Å²) < 4.78 is 47.2. The van der Waals surface area contributed by atoms with Crippen molar-refractivity contribution in [3.05, 3.63) is 35.4 Å². The molecule has 1 unspecified atom stereocenters. The minimum atomic E-state index is -3.62. The quantitative estimate of drug-likeness (QED) is 0.672. The van der Waals surface area contributed by atoms with Crippen LogP contribution in [0.3, 0.4) is 0 Å². The Balaban J connectivity index is 2.08. The molecule has 2 N–H and O–H groups in total. The van der Waals surface area contributed by atoms with Gasteiger partial charge in [0.15, 0.2) is 9.84 Å². The minimum Gasteiger partial charge on any atom is -0.324 e. The number of anilines is 2. The molecule has 1 aromatic heterocycles. The lowest BCUT2D eigenvalue weighted by Crippen LogP contribution is -2.13. The first-order valence-corrected chi connectivity index (χ1v) is 9.54. The van der Waals surface area contributed by atoms with Crippen molar-refractivity contribution in [3.63, 3.8) is 0 Å². The topological polar surface area (TPSA) is 131 Å². The molecule has 1 aromatic carbocycles. The van der Waals surface area contributed by atoms with Crippen LogP contribution in [0, 0.1) is 6.92 Å². The molecular formula is C12H13ClN4O5S2. The van der Waals surface area contributed by atoms with Crippen LogP contribution in [0.1, 0.15) is 5.82 Å². The van der Waals surface area contributed by atoms with Crippen LogP contribution in [-0.4, -0.2) is 44.5 Å². The van der Waals surface area contributed by atoms with E-state index in [0.29, 0.717) is 11.5 Å². The second kappa shape index (κ2) is 7.94. The summed E-state index contributed by atoms with van der Waals surface area (Å²) in [7, 11) is -3.62. The van der Waals surface area contributed by atoms with Gasteiger partial charge >= 0.3 is 11.4 Å². The molecule has 24 heavy (non-hydrogen) atoms. The van der Waals surface area contributed by atoms with Gasteiger partial charge in [-0.1, -0.05) is 0 Å². The molecule has 1 heterocycles. The molecule has 0 aliphatic heterocycles. The van der Waals surface area contributed by atoms with Crippen LogP contribution in [-0.2, 0) is 25.4 Å². The highest BCUT2D eigenvalue weighted by Gasteiger charge is 2.15. The smallest absolute Gasteiger partial charge is 0.301 e. The molecule has 9 nitrogen and oxygen atoms in total. The standard InChI is InChI=1S/C12H13ClN4O5S2/c1-8-14-11(13)17-12(15-8)16-9-2-4-10(5-3-9)24(20,21)7-6-22-23(18)19/h2-5H,6-7H2,1H3,(H,18,19)(H,14,15,16,17). The maximum Gasteiger partial charge on any atom is 0.301 e. The Morgan fingerprint density at radius 3 is 2.50 bits per heavy atom. The minimum absolute atomic E-state index is 0.0467. The fourth-order valence-electron chi connectivity index (χ4n) is 1.71. The zero-order chi connectivity index (χ0) is 17.7. The fraction of sp³-hybridized carbons (Fsp3) is 0.250. The monoisotopic (exact) mass is 392 g/mol. The zero-order valence-corrected chi connectivity index (χ0v) is 14.7. The molecule has 0 bridgehead atoms. The van der Waals surface area contributed by atoms with E-state index >= 15 is 0 Å². The van der Waals surface area contributed by atoms with Gasteiger partial charge < -0.3 is 5.32 Å². The fourth-order valence-corrected chi connectivity index (χ4v) is 3.34. The number of rotatable bonds is 7. The summed E-state index contributed by atoms with van der Waals surface area (Å²) in [4.78, 5) is 11.9. The van der Waals surface area contributed by atoms with E-state index in [-0.39, 0.29) is 22.7 Å². The van der Waals surface area contributed by atoms with E-state index in [9.17, 15) is 12.6 Å². The molecule has 12 heteroatoms. The number of aromatic nitrogens is 3. The van der Waals surface area contributed by atoms with Crippen LogP contribution in [0.2, 0.25) is 5.28 Å². The molecule has 0 saturated carbocycles. The molecule has 0 saturated heterocycles. The highest BCUT2D eigenvalue weighted by molar-refractivity contribution is 7.91. The zero-order valence-electron chi connectivity index (χ0n) is 12.3. The third-order valence-corrected chi connectivity index (χ3v) is 4.96. The van der Waals surface area contributed by atoms with Gasteiger partial charge in [0.25, 0.3) is 0 Å². The molecule has 0 aliphatic rings. The first kappa shape index (κ1) is 18.7. The first-order chi connectivity index (χ1) is 11.3. The molecule has 2 rings (SSSR count). The molecule has 130 valence electrons. The first-order valence-electron chi connectivity index (χ1n) is 6.48. The van der Waals surface area contributed by atoms with E-state index in [4.69, 9.17) is 16.2 Å². The van der Waals surface area contributed by atoms with E-state index in [0.717, 1.165) is 0 Å². The Morgan fingerprint density at radius 2 is 1.92 bits per heavy atom. The lowest BCUT2D eigenvalue weighted by molar-refractivity contribution is 0.326. The van der Waals surface area contributed by atoms with Gasteiger partial charge in [-0.15, -0.1) is 0 Å². The summed E-state index contributed by atoms with van der Waals surface area (Å²) in [5.74, 6) is 0.272. The van der Waals surface area contributed by atoms with Crippen molar-refractivity contribution in [1.82, 2.24) is 15.0 Å². The molecule has 0 fully saturated rings.